The van der Waals surface area contributed by atoms with E-state index in [-0.39, 0.29) is 24.5 Å². The molecule has 2 unspecified atom stereocenters. The number of halogens is 1. The Morgan fingerprint density at radius 3 is 2.63 bits per heavy atom. The van der Waals surface area contributed by atoms with Gasteiger partial charge in [-0.3, -0.25) is 15.0 Å². The molecule has 1 fully saturated rings. The lowest BCUT2D eigenvalue weighted by Crippen LogP contribution is -2.40. The molecule has 0 bridgehead atoms. The lowest BCUT2D eigenvalue weighted by atomic mass is 10.1. The van der Waals surface area contributed by atoms with Crippen molar-refractivity contribution in [1.29, 1.82) is 0 Å². The number of benzene rings is 1. The van der Waals surface area contributed by atoms with Crippen LogP contribution in [0, 0.1) is 6.92 Å². The minimum Gasteiger partial charge on any atom is -0.465 e. The van der Waals surface area contributed by atoms with Gasteiger partial charge in [-0.1, -0.05) is 29.8 Å². The molecule has 1 amide bonds. The summed E-state index contributed by atoms with van der Waals surface area (Å²) in [7, 11) is 0. The van der Waals surface area contributed by atoms with Crippen molar-refractivity contribution in [2.45, 2.75) is 38.8 Å². The molecule has 1 aliphatic rings. The van der Waals surface area contributed by atoms with Crippen LogP contribution in [-0.4, -0.2) is 37.0 Å². The van der Waals surface area contributed by atoms with Gasteiger partial charge in [-0.15, -0.1) is 0 Å². The Balaban J connectivity index is 1.55. The summed E-state index contributed by atoms with van der Waals surface area (Å²) in [5, 5.41) is 7.03. The van der Waals surface area contributed by atoms with E-state index < -0.39 is 0 Å². The summed E-state index contributed by atoms with van der Waals surface area (Å²) in [6, 6.07) is 11.9. The van der Waals surface area contributed by atoms with E-state index in [1.807, 2.05) is 44.2 Å². The van der Waals surface area contributed by atoms with Crippen molar-refractivity contribution in [2.75, 3.05) is 26.2 Å². The summed E-state index contributed by atoms with van der Waals surface area (Å²) in [4.78, 5) is 14.8. The van der Waals surface area contributed by atoms with E-state index in [1.165, 1.54) is 12.8 Å². The summed E-state index contributed by atoms with van der Waals surface area (Å²) >= 11 is 6.42. The van der Waals surface area contributed by atoms with E-state index in [0.717, 1.165) is 35.2 Å². The second-order valence-corrected chi connectivity index (χ2v) is 7.54. The monoisotopic (exact) mass is 389 g/mol. The van der Waals surface area contributed by atoms with Gasteiger partial charge in [0.2, 0.25) is 5.91 Å². The summed E-state index contributed by atoms with van der Waals surface area (Å²) in [6.45, 7) is 6.78. The average molecular weight is 390 g/mol. The first kappa shape index (κ1) is 19.9. The van der Waals surface area contributed by atoms with Crippen LogP contribution in [0.2, 0.25) is 5.02 Å². The van der Waals surface area contributed by atoms with Crippen molar-refractivity contribution < 1.29 is 9.21 Å². The summed E-state index contributed by atoms with van der Waals surface area (Å²) < 4.78 is 5.60. The maximum atomic E-state index is 12.4. The zero-order valence-corrected chi connectivity index (χ0v) is 16.8. The normalized spacial score (nSPS) is 17.0. The molecular weight excluding hydrogens is 362 g/mol. The predicted molar refractivity (Wildman–Crippen MR) is 108 cm³/mol. The lowest BCUT2D eigenvalue weighted by Gasteiger charge is -2.29. The van der Waals surface area contributed by atoms with E-state index in [4.69, 9.17) is 16.0 Å². The molecule has 0 spiro atoms. The number of amides is 1. The van der Waals surface area contributed by atoms with Gasteiger partial charge in [0.25, 0.3) is 0 Å². The van der Waals surface area contributed by atoms with Crippen LogP contribution in [0.3, 0.4) is 0 Å². The number of likely N-dealkylation sites (tertiary alicyclic amines) is 1. The van der Waals surface area contributed by atoms with Crippen LogP contribution in [0.1, 0.15) is 48.9 Å². The second kappa shape index (κ2) is 9.40. The van der Waals surface area contributed by atoms with Gasteiger partial charge >= 0.3 is 0 Å². The van der Waals surface area contributed by atoms with E-state index in [1.54, 1.807) is 0 Å². The smallest absolute Gasteiger partial charge is 0.234 e. The second-order valence-electron chi connectivity index (χ2n) is 7.14. The van der Waals surface area contributed by atoms with Crippen LogP contribution in [0.5, 0.6) is 0 Å². The Hall–Kier alpha value is -1.82. The number of aryl methyl sites for hydroxylation is 1. The van der Waals surface area contributed by atoms with Gasteiger partial charge in [-0.25, -0.2) is 0 Å². The van der Waals surface area contributed by atoms with Gasteiger partial charge in [-0.2, -0.15) is 0 Å². The van der Waals surface area contributed by atoms with Crippen LogP contribution in [-0.2, 0) is 4.79 Å². The zero-order chi connectivity index (χ0) is 19.2. The molecule has 1 saturated heterocycles. The highest BCUT2D eigenvalue weighted by Gasteiger charge is 2.25. The van der Waals surface area contributed by atoms with E-state index in [2.05, 4.69) is 21.6 Å². The van der Waals surface area contributed by atoms with Crippen molar-refractivity contribution in [1.82, 2.24) is 15.5 Å². The molecule has 146 valence electrons. The molecule has 6 heteroatoms. The fourth-order valence-corrected chi connectivity index (χ4v) is 3.80. The molecule has 2 N–H and O–H groups in total. The topological polar surface area (TPSA) is 57.5 Å². The molecule has 27 heavy (non-hydrogen) atoms. The van der Waals surface area contributed by atoms with Crippen molar-refractivity contribution in [3.05, 3.63) is 58.5 Å². The molecule has 0 radical (unpaired) electrons. The zero-order valence-electron chi connectivity index (χ0n) is 16.0. The molecule has 3 rings (SSSR count). The Kier molecular flexibility index (Phi) is 6.94. The van der Waals surface area contributed by atoms with E-state index >= 15 is 0 Å². The number of carbonyl (C=O) groups excluding carboxylic acids is 1. The van der Waals surface area contributed by atoms with Crippen molar-refractivity contribution in [2.24, 2.45) is 0 Å². The third-order valence-electron chi connectivity index (χ3n) is 5.09. The third kappa shape index (κ3) is 5.34. The van der Waals surface area contributed by atoms with Crippen LogP contribution in [0.25, 0.3) is 0 Å². The molecule has 5 nitrogen and oxygen atoms in total. The highest BCUT2D eigenvalue weighted by molar-refractivity contribution is 6.31. The predicted octanol–water partition coefficient (Wildman–Crippen LogP) is 3.85. The van der Waals surface area contributed by atoms with Gasteiger partial charge < -0.3 is 9.73 Å². The Morgan fingerprint density at radius 1 is 1.22 bits per heavy atom. The summed E-state index contributed by atoms with van der Waals surface area (Å²) in [6.07, 6.45) is 2.38. The molecule has 1 aromatic carbocycles. The van der Waals surface area contributed by atoms with Crippen LogP contribution >= 0.6 is 11.6 Å². The fourth-order valence-electron chi connectivity index (χ4n) is 3.54. The molecule has 2 atom stereocenters. The Bertz CT molecular complexity index is 755. The van der Waals surface area contributed by atoms with Gasteiger partial charge in [0.15, 0.2) is 0 Å². The quantitative estimate of drug-likeness (QED) is 0.720. The molecular formula is C21H28ClN3O2. The molecule has 2 aromatic rings. The van der Waals surface area contributed by atoms with Gasteiger partial charge in [0.1, 0.15) is 11.5 Å². The number of nitrogens with one attached hydrogen (secondary N) is 2. The molecule has 2 heterocycles. The minimum absolute atomic E-state index is 0.0117. The third-order valence-corrected chi connectivity index (χ3v) is 5.44. The van der Waals surface area contributed by atoms with Gasteiger partial charge in [0.05, 0.1) is 18.6 Å². The van der Waals surface area contributed by atoms with Crippen molar-refractivity contribution in [3.8, 4) is 0 Å². The van der Waals surface area contributed by atoms with Crippen molar-refractivity contribution >= 4 is 17.5 Å². The number of furan rings is 1. The number of hydrogen-bond acceptors (Lipinski definition) is 4. The van der Waals surface area contributed by atoms with Crippen LogP contribution in [0.15, 0.2) is 40.8 Å². The Labute approximate surface area is 166 Å². The van der Waals surface area contributed by atoms with E-state index in [9.17, 15) is 4.79 Å². The number of rotatable bonds is 8. The highest BCUT2D eigenvalue weighted by atomic mass is 35.5. The first-order valence-corrected chi connectivity index (χ1v) is 9.97. The lowest BCUT2D eigenvalue weighted by molar-refractivity contribution is -0.120. The minimum atomic E-state index is -0.0265. The van der Waals surface area contributed by atoms with E-state index in [0.29, 0.717) is 6.54 Å². The van der Waals surface area contributed by atoms with Crippen molar-refractivity contribution in [3.63, 3.8) is 0 Å². The molecule has 0 aliphatic carbocycles. The average Bonchev–Trinajstić information content (AvgIpc) is 3.33. The standard InChI is InChI=1S/C21H28ClN3O2/c1-15-9-10-20(27-15)16(2)23-14-21(26)24-13-19(25-11-5-6-12-25)17-7-3-4-8-18(17)22/h3-4,7-10,16,19,23H,5-6,11-14H2,1-2H3,(H,24,26). The molecule has 1 aliphatic heterocycles. The fraction of sp³-hybridized carbons (Fsp3) is 0.476. The van der Waals surface area contributed by atoms with Gasteiger partial charge in [-0.05, 0) is 63.5 Å². The van der Waals surface area contributed by atoms with Gasteiger partial charge in [0, 0.05) is 11.6 Å². The summed E-state index contributed by atoms with van der Waals surface area (Å²) in [5.41, 5.74) is 1.08. The van der Waals surface area contributed by atoms with Crippen LogP contribution in [0.4, 0.5) is 0 Å². The highest BCUT2D eigenvalue weighted by Crippen LogP contribution is 2.29. The first-order chi connectivity index (χ1) is 13.0. The molecule has 0 saturated carbocycles. The SMILES string of the molecule is Cc1ccc(C(C)NCC(=O)NCC(c2ccccc2Cl)N2CCCC2)o1. The maximum absolute atomic E-state index is 12.4. The molecule has 1 aromatic heterocycles. The number of hydrogen-bond donors (Lipinski definition) is 2. The first-order valence-electron chi connectivity index (χ1n) is 9.59. The Morgan fingerprint density at radius 2 is 1.96 bits per heavy atom. The summed E-state index contributed by atoms with van der Waals surface area (Å²) in [5.74, 6) is 1.68. The number of nitrogens with zero attached hydrogens (tertiary/aromatic N) is 1. The van der Waals surface area contributed by atoms with Crippen LogP contribution < -0.4 is 10.6 Å². The largest absolute Gasteiger partial charge is 0.465 e. The number of carbonyl (C=O) groups is 1. The maximum Gasteiger partial charge on any atom is 0.234 e.